The Labute approximate surface area is 107 Å². The maximum atomic E-state index is 11.6. The predicted molar refractivity (Wildman–Crippen MR) is 71.0 cm³/mol. The minimum Gasteiger partial charge on any atom is -0.465 e. The normalized spacial score (nSPS) is 11.5. The van der Waals surface area contributed by atoms with Crippen LogP contribution in [0.2, 0.25) is 0 Å². The lowest BCUT2D eigenvalue weighted by atomic mass is 10.1. The molecule has 0 saturated carbocycles. The number of hydrogen-bond acceptors (Lipinski definition) is 4. The summed E-state index contributed by atoms with van der Waals surface area (Å²) in [7, 11) is -2.10. The van der Waals surface area contributed by atoms with Crippen LogP contribution in [0.5, 0.6) is 0 Å². The maximum absolute atomic E-state index is 11.6. The minimum atomic E-state index is -3.37. The van der Waals surface area contributed by atoms with Gasteiger partial charge in [0.1, 0.15) is 0 Å². The van der Waals surface area contributed by atoms with E-state index >= 15 is 0 Å². The van der Waals surface area contributed by atoms with E-state index in [4.69, 9.17) is 0 Å². The molecule has 0 amide bonds. The molecular formula is C12H15NO4S. The van der Waals surface area contributed by atoms with E-state index in [2.05, 4.69) is 9.46 Å². The van der Waals surface area contributed by atoms with Crippen LogP contribution in [0.4, 0.5) is 5.69 Å². The first kappa shape index (κ1) is 14.2. The number of carbonyl (C=O) groups excluding carboxylic acids is 1. The first-order valence-electron chi connectivity index (χ1n) is 5.20. The molecule has 0 aliphatic heterocycles. The van der Waals surface area contributed by atoms with Crippen LogP contribution < -0.4 is 4.72 Å². The third-order valence-corrected chi connectivity index (χ3v) is 2.71. The number of nitrogens with one attached hydrogen (secondary N) is 1. The number of esters is 1. The standard InChI is InChI=1S/C12H15NO4S/c1-4-5-9-6-7-10(13-18(3,15)16)8-11(9)12(14)17-2/h4-8,13H,1-3H3. The molecule has 0 aliphatic carbocycles. The molecule has 0 heterocycles. The highest BCUT2D eigenvalue weighted by Crippen LogP contribution is 2.19. The molecule has 18 heavy (non-hydrogen) atoms. The van der Waals surface area contributed by atoms with Crippen molar-refractivity contribution in [2.24, 2.45) is 0 Å². The number of benzene rings is 1. The van der Waals surface area contributed by atoms with Gasteiger partial charge in [-0.15, -0.1) is 0 Å². The van der Waals surface area contributed by atoms with Gasteiger partial charge in [0.05, 0.1) is 18.9 Å². The molecule has 0 radical (unpaired) electrons. The number of allylic oxidation sites excluding steroid dienone is 1. The van der Waals surface area contributed by atoms with Gasteiger partial charge in [0, 0.05) is 5.69 Å². The Bertz CT molecular complexity index is 576. The molecule has 0 atom stereocenters. The van der Waals surface area contributed by atoms with Crippen molar-refractivity contribution in [3.05, 3.63) is 35.4 Å². The topological polar surface area (TPSA) is 72.5 Å². The van der Waals surface area contributed by atoms with E-state index in [1.165, 1.54) is 13.2 Å². The molecule has 1 N–H and O–H groups in total. The number of ether oxygens (including phenoxy) is 1. The highest BCUT2D eigenvalue weighted by Gasteiger charge is 2.12. The van der Waals surface area contributed by atoms with Crippen LogP contribution >= 0.6 is 0 Å². The number of anilines is 1. The molecule has 98 valence electrons. The van der Waals surface area contributed by atoms with Gasteiger partial charge in [0.25, 0.3) is 0 Å². The highest BCUT2D eigenvalue weighted by molar-refractivity contribution is 7.92. The molecule has 0 aliphatic rings. The van der Waals surface area contributed by atoms with Gasteiger partial charge in [-0.3, -0.25) is 4.72 Å². The zero-order chi connectivity index (χ0) is 13.8. The van der Waals surface area contributed by atoms with E-state index in [0.29, 0.717) is 16.8 Å². The van der Waals surface area contributed by atoms with Crippen molar-refractivity contribution in [2.45, 2.75) is 6.92 Å². The lowest BCUT2D eigenvalue weighted by molar-refractivity contribution is 0.0600. The molecule has 1 aromatic rings. The van der Waals surface area contributed by atoms with Gasteiger partial charge in [0.15, 0.2) is 0 Å². The van der Waals surface area contributed by atoms with Gasteiger partial charge < -0.3 is 4.74 Å². The van der Waals surface area contributed by atoms with Crippen LogP contribution in [0.3, 0.4) is 0 Å². The Hall–Kier alpha value is -1.82. The maximum Gasteiger partial charge on any atom is 0.338 e. The van der Waals surface area contributed by atoms with Crippen molar-refractivity contribution in [1.82, 2.24) is 0 Å². The monoisotopic (exact) mass is 269 g/mol. The lowest BCUT2D eigenvalue weighted by Gasteiger charge is -2.08. The number of hydrogen-bond donors (Lipinski definition) is 1. The Morgan fingerprint density at radius 3 is 2.56 bits per heavy atom. The molecule has 1 aromatic carbocycles. The predicted octanol–water partition coefficient (Wildman–Crippen LogP) is 1.88. The van der Waals surface area contributed by atoms with Gasteiger partial charge >= 0.3 is 5.97 Å². The van der Waals surface area contributed by atoms with E-state index in [1.54, 1.807) is 24.3 Å². The Morgan fingerprint density at radius 2 is 2.06 bits per heavy atom. The van der Waals surface area contributed by atoms with Crippen LogP contribution in [0, 0.1) is 0 Å². The van der Waals surface area contributed by atoms with Crippen LogP contribution in [0.1, 0.15) is 22.8 Å². The smallest absolute Gasteiger partial charge is 0.338 e. The Morgan fingerprint density at radius 1 is 1.39 bits per heavy atom. The summed E-state index contributed by atoms with van der Waals surface area (Å²) in [5.74, 6) is -0.514. The molecule has 5 nitrogen and oxygen atoms in total. The average Bonchev–Trinajstić information content (AvgIpc) is 2.28. The van der Waals surface area contributed by atoms with Crippen molar-refractivity contribution in [3.63, 3.8) is 0 Å². The largest absolute Gasteiger partial charge is 0.465 e. The highest BCUT2D eigenvalue weighted by atomic mass is 32.2. The van der Waals surface area contributed by atoms with Crippen molar-refractivity contribution in [1.29, 1.82) is 0 Å². The average molecular weight is 269 g/mol. The molecule has 0 saturated heterocycles. The van der Waals surface area contributed by atoms with Crippen LogP contribution in [0.25, 0.3) is 6.08 Å². The summed E-state index contributed by atoms with van der Waals surface area (Å²) in [5.41, 5.74) is 1.30. The molecule has 0 aromatic heterocycles. The molecular weight excluding hydrogens is 254 g/mol. The van der Waals surface area contributed by atoms with Crippen molar-refractivity contribution in [3.8, 4) is 0 Å². The summed E-state index contributed by atoms with van der Waals surface area (Å²) in [5, 5.41) is 0. The third kappa shape index (κ3) is 3.89. The Balaban J connectivity index is 3.25. The van der Waals surface area contributed by atoms with Gasteiger partial charge in [0.2, 0.25) is 10.0 Å². The molecule has 6 heteroatoms. The second kappa shape index (κ2) is 5.68. The molecule has 0 bridgehead atoms. The SMILES string of the molecule is CC=Cc1ccc(NS(C)(=O)=O)cc1C(=O)OC. The number of carbonyl (C=O) groups is 1. The summed E-state index contributed by atoms with van der Waals surface area (Å²) in [4.78, 5) is 11.6. The molecule has 0 spiro atoms. The second-order valence-electron chi connectivity index (χ2n) is 3.67. The molecule has 0 fully saturated rings. The zero-order valence-corrected chi connectivity index (χ0v) is 11.2. The number of methoxy groups -OCH3 is 1. The van der Waals surface area contributed by atoms with Crippen LogP contribution in [-0.2, 0) is 14.8 Å². The van der Waals surface area contributed by atoms with Crippen LogP contribution in [-0.4, -0.2) is 27.8 Å². The van der Waals surface area contributed by atoms with Crippen molar-refractivity contribution < 1.29 is 17.9 Å². The van der Waals surface area contributed by atoms with Crippen LogP contribution in [0.15, 0.2) is 24.3 Å². The molecule has 1 rings (SSSR count). The summed E-state index contributed by atoms with van der Waals surface area (Å²) in [6.45, 7) is 1.82. The van der Waals surface area contributed by atoms with E-state index < -0.39 is 16.0 Å². The van der Waals surface area contributed by atoms with Gasteiger partial charge in [-0.25, -0.2) is 13.2 Å². The Kier molecular flexibility index (Phi) is 4.49. The molecule has 0 unspecified atom stereocenters. The second-order valence-corrected chi connectivity index (χ2v) is 5.42. The van der Waals surface area contributed by atoms with Gasteiger partial charge in [-0.1, -0.05) is 18.2 Å². The summed E-state index contributed by atoms with van der Waals surface area (Å²) in [6.07, 6.45) is 4.58. The fraction of sp³-hybridized carbons (Fsp3) is 0.250. The van der Waals surface area contributed by atoms with Gasteiger partial charge in [-0.05, 0) is 24.6 Å². The quantitative estimate of drug-likeness (QED) is 0.847. The summed E-state index contributed by atoms with van der Waals surface area (Å²) >= 11 is 0. The van der Waals surface area contributed by atoms with E-state index in [9.17, 15) is 13.2 Å². The van der Waals surface area contributed by atoms with Gasteiger partial charge in [-0.2, -0.15) is 0 Å². The third-order valence-electron chi connectivity index (χ3n) is 2.11. The van der Waals surface area contributed by atoms with E-state index in [-0.39, 0.29) is 0 Å². The number of sulfonamides is 1. The fourth-order valence-corrected chi connectivity index (χ4v) is 2.00. The fourth-order valence-electron chi connectivity index (χ4n) is 1.45. The first-order chi connectivity index (χ1) is 8.37. The van der Waals surface area contributed by atoms with E-state index in [1.807, 2.05) is 6.92 Å². The first-order valence-corrected chi connectivity index (χ1v) is 7.09. The van der Waals surface area contributed by atoms with E-state index in [0.717, 1.165) is 6.26 Å². The minimum absolute atomic E-state index is 0.309. The van der Waals surface area contributed by atoms with Crippen molar-refractivity contribution >= 4 is 27.8 Å². The number of rotatable bonds is 4. The zero-order valence-electron chi connectivity index (χ0n) is 10.4. The van der Waals surface area contributed by atoms with Crippen molar-refractivity contribution in [2.75, 3.05) is 18.1 Å². The lowest BCUT2D eigenvalue weighted by Crippen LogP contribution is -2.11. The summed E-state index contributed by atoms with van der Waals surface area (Å²) < 4.78 is 29.2. The summed E-state index contributed by atoms with van der Waals surface area (Å²) in [6, 6.07) is 4.69.